The number of hydrogen-bond donors (Lipinski definition) is 0. The van der Waals surface area contributed by atoms with Crippen LogP contribution in [0, 0.1) is 6.92 Å². The highest BCUT2D eigenvalue weighted by atomic mass is 16.5. The van der Waals surface area contributed by atoms with Crippen molar-refractivity contribution in [3.05, 3.63) is 95.4 Å². The number of fused-ring (bicyclic) bond motifs is 1. The quantitative estimate of drug-likeness (QED) is 0.168. The van der Waals surface area contributed by atoms with Gasteiger partial charge in [-0.05, 0) is 87.4 Å². The number of aryl methyl sites for hydroxylation is 1. The summed E-state index contributed by atoms with van der Waals surface area (Å²) < 4.78 is 19.5. The Morgan fingerprint density at radius 2 is 1.63 bits per heavy atom. The molecule has 0 amide bonds. The third kappa shape index (κ3) is 5.54. The van der Waals surface area contributed by atoms with E-state index in [1.165, 1.54) is 0 Å². The molecule has 2 aromatic carbocycles. The van der Waals surface area contributed by atoms with Crippen molar-refractivity contribution in [3.8, 4) is 11.5 Å². The Hall–Kier alpha value is -4.06. The third-order valence-corrected chi connectivity index (χ3v) is 5.76. The predicted octanol–water partition coefficient (Wildman–Crippen LogP) is 6.11. The number of allylic oxidation sites excluding steroid dienone is 1. The summed E-state index contributed by atoms with van der Waals surface area (Å²) in [5.41, 5.74) is 4.67. The first-order valence-electron chi connectivity index (χ1n) is 11.5. The van der Waals surface area contributed by atoms with Crippen LogP contribution in [0.4, 0.5) is 0 Å². The lowest BCUT2D eigenvalue weighted by Crippen LogP contribution is -2.25. The molecule has 0 unspecified atom stereocenters. The minimum absolute atomic E-state index is 0.378. The van der Waals surface area contributed by atoms with Crippen molar-refractivity contribution in [1.29, 1.82) is 0 Å². The number of nitrogens with zero attached hydrogens (tertiary/aromatic N) is 2. The van der Waals surface area contributed by atoms with E-state index in [-0.39, 0.29) is 0 Å². The fourth-order valence-corrected chi connectivity index (χ4v) is 3.74. The Morgan fingerprint density at radius 3 is 2.26 bits per heavy atom. The van der Waals surface area contributed by atoms with Gasteiger partial charge in [-0.1, -0.05) is 18.2 Å². The van der Waals surface area contributed by atoms with Crippen molar-refractivity contribution in [3.63, 3.8) is 0 Å². The average Bonchev–Trinajstić information content (AvgIpc) is 3.31. The molecule has 180 valence electrons. The summed E-state index contributed by atoms with van der Waals surface area (Å²) in [6.45, 7) is 7.90. The third-order valence-electron chi connectivity index (χ3n) is 5.76. The van der Waals surface area contributed by atoms with Crippen molar-refractivity contribution in [2.24, 2.45) is 0 Å². The molecule has 0 bridgehead atoms. The summed E-state index contributed by atoms with van der Waals surface area (Å²) in [6, 6.07) is 21.4. The van der Waals surface area contributed by atoms with Gasteiger partial charge in [-0.25, -0.2) is 4.98 Å². The van der Waals surface area contributed by atoms with Crippen molar-refractivity contribution < 1.29 is 19.0 Å². The number of methoxy groups -OCH3 is 1. The van der Waals surface area contributed by atoms with E-state index >= 15 is 0 Å². The van der Waals surface area contributed by atoms with Crippen LogP contribution in [0.25, 0.3) is 17.0 Å². The molecular weight excluding hydrogens is 440 g/mol. The molecule has 4 rings (SSSR count). The lowest BCUT2D eigenvalue weighted by molar-refractivity contribution is -0.120. The summed E-state index contributed by atoms with van der Waals surface area (Å²) in [5.74, 6) is 2.14. The fourth-order valence-electron chi connectivity index (χ4n) is 3.74. The smallest absolute Gasteiger partial charge is 0.162 e. The highest BCUT2D eigenvalue weighted by molar-refractivity contribution is 5.87. The number of ether oxygens (including phenoxy) is 3. The van der Waals surface area contributed by atoms with Crippen molar-refractivity contribution in [1.82, 2.24) is 9.38 Å². The van der Waals surface area contributed by atoms with E-state index in [0.29, 0.717) is 12.4 Å². The van der Waals surface area contributed by atoms with Gasteiger partial charge in [0, 0.05) is 17.5 Å². The first-order chi connectivity index (χ1) is 16.8. The molecule has 0 atom stereocenters. The molecule has 0 saturated carbocycles. The van der Waals surface area contributed by atoms with E-state index in [0.717, 1.165) is 51.5 Å². The lowest BCUT2D eigenvalue weighted by Gasteiger charge is -2.24. The normalized spacial score (nSPS) is 12.3. The first kappa shape index (κ1) is 24.1. The summed E-state index contributed by atoms with van der Waals surface area (Å²) in [5, 5.41) is 0. The monoisotopic (exact) mass is 470 g/mol. The number of carbonyl (C=O) groups excluding carboxylic acids is 1. The summed E-state index contributed by atoms with van der Waals surface area (Å²) in [6.07, 6.45) is 2.81. The molecule has 0 fully saturated rings. The Labute approximate surface area is 205 Å². The van der Waals surface area contributed by atoms with Crippen LogP contribution in [-0.2, 0) is 16.1 Å². The van der Waals surface area contributed by atoms with Gasteiger partial charge in [0.05, 0.1) is 12.8 Å². The second-order valence-electron chi connectivity index (χ2n) is 8.95. The van der Waals surface area contributed by atoms with Gasteiger partial charge in [0.1, 0.15) is 29.5 Å². The van der Waals surface area contributed by atoms with Gasteiger partial charge >= 0.3 is 0 Å². The number of imidazole rings is 1. The van der Waals surface area contributed by atoms with Gasteiger partial charge in [-0.3, -0.25) is 4.79 Å². The molecule has 0 radical (unpaired) electrons. The highest BCUT2D eigenvalue weighted by Crippen LogP contribution is 2.32. The average molecular weight is 471 g/mol. The van der Waals surface area contributed by atoms with Gasteiger partial charge in [0.15, 0.2) is 11.9 Å². The molecule has 6 nitrogen and oxygen atoms in total. The van der Waals surface area contributed by atoms with Crippen LogP contribution in [0.15, 0.2) is 72.9 Å². The molecular formula is C29H30N2O4. The molecule has 0 aliphatic heterocycles. The number of aromatic nitrogens is 2. The lowest BCUT2D eigenvalue weighted by atomic mass is 10.0. The van der Waals surface area contributed by atoms with E-state index in [9.17, 15) is 4.79 Å². The Bertz CT molecular complexity index is 1350. The van der Waals surface area contributed by atoms with E-state index < -0.39 is 5.60 Å². The van der Waals surface area contributed by atoms with Gasteiger partial charge in [-0.15, -0.1) is 0 Å². The molecule has 0 aliphatic rings. The van der Waals surface area contributed by atoms with Crippen LogP contribution in [-0.4, -0.2) is 28.4 Å². The zero-order valence-electron chi connectivity index (χ0n) is 20.7. The zero-order valence-corrected chi connectivity index (χ0v) is 20.7. The van der Waals surface area contributed by atoms with Crippen LogP contribution in [0.3, 0.4) is 0 Å². The number of carbonyl (C=O) groups is 1. The van der Waals surface area contributed by atoms with Gasteiger partial charge in [0.2, 0.25) is 0 Å². The molecule has 0 aliphatic carbocycles. The fraction of sp³-hybridized carbons (Fsp3) is 0.241. The molecule has 0 N–H and O–H groups in total. The van der Waals surface area contributed by atoms with E-state index in [4.69, 9.17) is 14.2 Å². The van der Waals surface area contributed by atoms with Gasteiger partial charge in [0.25, 0.3) is 0 Å². The van der Waals surface area contributed by atoms with E-state index in [2.05, 4.69) is 9.38 Å². The standard InChI is InChI=1S/C29H30N2O4/c1-20-7-6-8-27-30-24(17-31(20)27)18-34-26-15-9-22(10-16-26)21(2)28(35-29(3,4)19-32)23-11-13-25(33-5)14-12-23/h6-17,19H,18H2,1-5H3/b28-21+. The predicted molar refractivity (Wildman–Crippen MR) is 137 cm³/mol. The molecule has 0 saturated heterocycles. The number of benzene rings is 2. The van der Waals surface area contributed by atoms with Gasteiger partial charge in [-0.2, -0.15) is 0 Å². The number of rotatable bonds is 9. The van der Waals surface area contributed by atoms with Crippen LogP contribution in [0.1, 0.15) is 43.3 Å². The maximum atomic E-state index is 11.6. The number of aldehydes is 1. The number of pyridine rings is 1. The number of hydrogen-bond acceptors (Lipinski definition) is 5. The van der Waals surface area contributed by atoms with Gasteiger partial charge < -0.3 is 18.6 Å². The maximum Gasteiger partial charge on any atom is 0.162 e. The van der Waals surface area contributed by atoms with Crippen LogP contribution < -0.4 is 9.47 Å². The van der Waals surface area contributed by atoms with Crippen LogP contribution >= 0.6 is 0 Å². The molecule has 2 aromatic heterocycles. The minimum atomic E-state index is -0.966. The Kier molecular flexibility index (Phi) is 6.92. The van der Waals surface area contributed by atoms with Crippen LogP contribution in [0.5, 0.6) is 11.5 Å². The Morgan fingerprint density at radius 1 is 0.971 bits per heavy atom. The zero-order chi connectivity index (χ0) is 25.0. The topological polar surface area (TPSA) is 62.1 Å². The second-order valence-corrected chi connectivity index (χ2v) is 8.95. The highest BCUT2D eigenvalue weighted by Gasteiger charge is 2.22. The maximum absolute atomic E-state index is 11.6. The van der Waals surface area contributed by atoms with E-state index in [1.54, 1.807) is 21.0 Å². The molecule has 0 spiro atoms. The van der Waals surface area contributed by atoms with Crippen molar-refractivity contribution in [2.75, 3.05) is 7.11 Å². The molecule has 2 heterocycles. The minimum Gasteiger partial charge on any atom is -0.497 e. The summed E-state index contributed by atoms with van der Waals surface area (Å²) in [4.78, 5) is 16.2. The van der Waals surface area contributed by atoms with Crippen LogP contribution in [0.2, 0.25) is 0 Å². The van der Waals surface area contributed by atoms with Crippen molar-refractivity contribution >= 4 is 23.3 Å². The van der Waals surface area contributed by atoms with E-state index in [1.807, 2.05) is 86.8 Å². The molecule has 35 heavy (non-hydrogen) atoms. The Balaban J connectivity index is 1.56. The van der Waals surface area contributed by atoms with Crippen molar-refractivity contribution in [2.45, 2.75) is 39.9 Å². The first-order valence-corrected chi connectivity index (χ1v) is 11.5. The second kappa shape index (κ2) is 10.1. The molecule has 6 heteroatoms. The molecule has 4 aromatic rings. The SMILES string of the molecule is COc1ccc(/C(OC(C)(C)C=O)=C(/C)c2ccc(OCc3cn4c(C)cccc4n3)cc2)cc1. The summed E-state index contributed by atoms with van der Waals surface area (Å²) >= 11 is 0. The summed E-state index contributed by atoms with van der Waals surface area (Å²) in [7, 11) is 1.63. The largest absolute Gasteiger partial charge is 0.497 e.